The van der Waals surface area contributed by atoms with Crippen LogP contribution in [-0.2, 0) is 20.3 Å². The molecule has 0 atom stereocenters. The number of alkyl halides is 2. The predicted octanol–water partition coefficient (Wildman–Crippen LogP) is 2.46. The summed E-state index contributed by atoms with van der Waals surface area (Å²) in [7, 11) is 0. The fourth-order valence-corrected chi connectivity index (χ4v) is 2.03. The van der Waals surface area contributed by atoms with Crippen molar-refractivity contribution >= 4 is 28.8 Å². The maximum absolute atomic E-state index is 12.9. The van der Waals surface area contributed by atoms with Gasteiger partial charge in [0.05, 0.1) is 18.6 Å². The lowest BCUT2D eigenvalue weighted by atomic mass is 10.1. The molecule has 0 radical (unpaired) electrons. The molecule has 0 amide bonds. The minimum atomic E-state index is -3.99. The topological polar surface area (TPSA) is 58.6 Å². The van der Waals surface area contributed by atoms with E-state index in [0.29, 0.717) is 6.42 Å². The highest BCUT2D eigenvalue weighted by Crippen LogP contribution is 2.29. The van der Waals surface area contributed by atoms with Gasteiger partial charge in [-0.2, -0.15) is 8.78 Å². The molecule has 4 nitrogen and oxygen atoms in total. The Bertz CT molecular complexity index is 633. The third kappa shape index (κ3) is 4.13. The lowest BCUT2D eigenvalue weighted by Gasteiger charge is -2.15. The molecule has 0 aliphatic rings. The number of benzene rings is 2. The maximum Gasteiger partial charge on any atom is 0.412 e. The third-order valence-electron chi connectivity index (χ3n) is 2.81. The number of carbonyl (C=O) groups excluding carboxylic acids is 1. The first-order valence-corrected chi connectivity index (χ1v) is 6.77. The molecular formula is C14H11F2O4S-. The van der Waals surface area contributed by atoms with Crippen molar-refractivity contribution in [3.8, 4) is 0 Å². The van der Waals surface area contributed by atoms with Crippen LogP contribution in [0, 0.1) is 0 Å². The second-order valence-electron chi connectivity index (χ2n) is 4.24. The molecule has 0 N–H and O–H groups in total. The highest BCUT2D eigenvalue weighted by Gasteiger charge is 2.42. The smallest absolute Gasteiger partial charge is 0.412 e. The van der Waals surface area contributed by atoms with Crippen LogP contribution in [0.2, 0.25) is 0 Å². The summed E-state index contributed by atoms with van der Waals surface area (Å²) in [6, 6.07) is 13.3. The largest absolute Gasteiger partial charge is 0.710 e. The summed E-state index contributed by atoms with van der Waals surface area (Å²) in [6.07, 6.45) is 0.301. The first kappa shape index (κ1) is 15.7. The van der Waals surface area contributed by atoms with Gasteiger partial charge in [0.25, 0.3) is 0 Å². The molecule has 0 bridgehead atoms. The highest BCUT2D eigenvalue weighted by molar-refractivity contribution is 7.96. The molecule has 0 fully saturated rings. The second-order valence-corrected chi connectivity index (χ2v) is 5.05. The number of rotatable bonds is 6. The van der Waals surface area contributed by atoms with Crippen LogP contribution in [-0.4, -0.2) is 17.8 Å². The van der Waals surface area contributed by atoms with E-state index in [1.165, 1.54) is 0 Å². The molecule has 0 aromatic heterocycles. The molecule has 21 heavy (non-hydrogen) atoms. The van der Waals surface area contributed by atoms with Crippen molar-refractivity contribution in [2.75, 3.05) is 6.61 Å². The van der Waals surface area contributed by atoms with Crippen LogP contribution in [0.15, 0.2) is 42.5 Å². The fourth-order valence-electron chi connectivity index (χ4n) is 1.82. The van der Waals surface area contributed by atoms with Crippen LogP contribution in [0.3, 0.4) is 0 Å². The highest BCUT2D eigenvalue weighted by atomic mass is 32.2. The van der Waals surface area contributed by atoms with Crippen LogP contribution in [0.25, 0.3) is 10.8 Å². The average Bonchev–Trinajstić information content (AvgIpc) is 2.47. The summed E-state index contributed by atoms with van der Waals surface area (Å²) in [6.45, 7) is -0.202. The van der Waals surface area contributed by atoms with Crippen LogP contribution in [0.5, 0.6) is 0 Å². The van der Waals surface area contributed by atoms with Gasteiger partial charge in [-0.3, -0.25) is 0 Å². The van der Waals surface area contributed by atoms with Crippen LogP contribution >= 0.6 is 12.0 Å². The Hall–Kier alpha value is -1.70. The van der Waals surface area contributed by atoms with Gasteiger partial charge >= 0.3 is 11.2 Å². The molecule has 112 valence electrons. The molecule has 0 spiro atoms. The number of hydrogen-bond donors (Lipinski definition) is 0. The molecule has 2 aromatic carbocycles. The van der Waals surface area contributed by atoms with E-state index >= 15 is 0 Å². The SMILES string of the molecule is O=C(OCCc1ccc2ccccc2c1)C(F)(F)SO[O-]. The zero-order chi connectivity index (χ0) is 15.3. The van der Waals surface area contributed by atoms with Crippen LogP contribution in [0.1, 0.15) is 5.56 Å². The van der Waals surface area contributed by atoms with E-state index in [2.05, 4.69) is 9.07 Å². The normalized spacial score (nSPS) is 11.6. The Morgan fingerprint density at radius 3 is 2.62 bits per heavy atom. The summed E-state index contributed by atoms with van der Waals surface area (Å²) >= 11 is -0.774. The van der Waals surface area contributed by atoms with Gasteiger partial charge < -0.3 is 14.3 Å². The van der Waals surface area contributed by atoms with Crippen LogP contribution in [0.4, 0.5) is 8.78 Å². The molecule has 0 unspecified atom stereocenters. The van der Waals surface area contributed by atoms with E-state index in [0.717, 1.165) is 16.3 Å². The van der Waals surface area contributed by atoms with Gasteiger partial charge in [0.1, 0.15) is 0 Å². The molecule has 2 aromatic rings. The van der Waals surface area contributed by atoms with Crippen molar-refractivity contribution in [1.82, 2.24) is 0 Å². The van der Waals surface area contributed by atoms with Crippen molar-refractivity contribution < 1.29 is 27.9 Å². The van der Waals surface area contributed by atoms with Crippen molar-refractivity contribution in [3.05, 3.63) is 48.0 Å². The van der Waals surface area contributed by atoms with E-state index < -0.39 is 23.3 Å². The fraction of sp³-hybridized carbons (Fsp3) is 0.214. The monoisotopic (exact) mass is 313 g/mol. The Kier molecular flexibility index (Phi) is 5.11. The van der Waals surface area contributed by atoms with Gasteiger partial charge in [-0.05, 0) is 16.3 Å². The first-order valence-electron chi connectivity index (χ1n) is 6.03. The molecule has 0 aliphatic heterocycles. The zero-order valence-corrected chi connectivity index (χ0v) is 11.6. The summed E-state index contributed by atoms with van der Waals surface area (Å²) in [5, 5.41) is 7.73. The van der Waals surface area contributed by atoms with Crippen molar-refractivity contribution in [2.45, 2.75) is 11.7 Å². The molecule has 0 saturated carbocycles. The summed E-state index contributed by atoms with van der Waals surface area (Å²) < 4.78 is 33.2. The third-order valence-corrected chi connectivity index (χ3v) is 3.26. The van der Waals surface area contributed by atoms with E-state index in [9.17, 15) is 18.8 Å². The number of fused-ring (bicyclic) bond motifs is 1. The predicted molar refractivity (Wildman–Crippen MR) is 72.2 cm³/mol. The van der Waals surface area contributed by atoms with E-state index in [-0.39, 0.29) is 6.61 Å². The number of carbonyl (C=O) groups is 1. The lowest BCUT2D eigenvalue weighted by Crippen LogP contribution is -2.29. The van der Waals surface area contributed by atoms with E-state index in [1.807, 2.05) is 42.5 Å². The summed E-state index contributed by atoms with van der Waals surface area (Å²) in [5.74, 6) is -1.79. The number of ether oxygens (including phenoxy) is 1. The number of esters is 1. The van der Waals surface area contributed by atoms with Crippen molar-refractivity contribution in [1.29, 1.82) is 0 Å². The lowest BCUT2D eigenvalue weighted by molar-refractivity contribution is -0.630. The van der Waals surface area contributed by atoms with Gasteiger partial charge in [-0.1, -0.05) is 42.5 Å². The molecule has 0 heterocycles. The molecular weight excluding hydrogens is 302 g/mol. The number of halogens is 2. The minimum Gasteiger partial charge on any atom is -0.710 e. The second kappa shape index (κ2) is 6.84. The molecule has 2 rings (SSSR count). The first-order chi connectivity index (χ1) is 10.0. The summed E-state index contributed by atoms with van der Waals surface area (Å²) in [5.41, 5.74) is 0.859. The Morgan fingerprint density at radius 1 is 1.19 bits per heavy atom. The van der Waals surface area contributed by atoms with Crippen molar-refractivity contribution in [3.63, 3.8) is 0 Å². The van der Waals surface area contributed by atoms with Gasteiger partial charge in [-0.25, -0.2) is 4.79 Å². The molecule has 7 heteroatoms. The quantitative estimate of drug-likeness (QED) is 0.355. The Labute approximate surface area is 123 Å². The average molecular weight is 313 g/mol. The van der Waals surface area contributed by atoms with Crippen molar-refractivity contribution in [2.24, 2.45) is 0 Å². The van der Waals surface area contributed by atoms with Gasteiger partial charge in [0, 0.05) is 6.42 Å². The van der Waals surface area contributed by atoms with Gasteiger partial charge in [0.15, 0.2) is 0 Å². The van der Waals surface area contributed by atoms with E-state index in [4.69, 9.17) is 0 Å². The maximum atomic E-state index is 12.9. The standard InChI is InChI=1S/C14H12F2O4S/c15-14(16,21-20-18)13(17)19-8-7-10-5-6-11-3-1-2-4-12(11)9-10/h1-6,9,18H,7-8H2/p-1. The summed E-state index contributed by atoms with van der Waals surface area (Å²) in [4.78, 5) is 11.0. The zero-order valence-electron chi connectivity index (χ0n) is 10.8. The molecule has 0 saturated heterocycles. The number of hydrogen-bond acceptors (Lipinski definition) is 5. The van der Waals surface area contributed by atoms with Gasteiger partial charge in [0.2, 0.25) is 0 Å². The minimum absolute atomic E-state index is 0.202. The Morgan fingerprint density at radius 2 is 1.90 bits per heavy atom. The van der Waals surface area contributed by atoms with Crippen LogP contribution < -0.4 is 5.26 Å². The van der Waals surface area contributed by atoms with Gasteiger partial charge in [-0.15, -0.1) is 0 Å². The van der Waals surface area contributed by atoms with E-state index in [1.54, 1.807) is 0 Å². The Balaban J connectivity index is 1.91. The molecule has 0 aliphatic carbocycles.